The molecule has 1 aliphatic rings. The first-order valence-electron chi connectivity index (χ1n) is 8.40. The summed E-state index contributed by atoms with van der Waals surface area (Å²) in [6.45, 7) is 3.01. The molecule has 2 aromatic heterocycles. The van der Waals surface area contributed by atoms with Crippen LogP contribution >= 0.6 is 34.2 Å². The fourth-order valence-corrected chi connectivity index (χ4v) is 4.17. The Morgan fingerprint density at radius 3 is 2.89 bits per heavy atom. The van der Waals surface area contributed by atoms with Crippen molar-refractivity contribution in [2.24, 2.45) is 0 Å². The van der Waals surface area contributed by atoms with Gasteiger partial charge in [-0.25, -0.2) is 9.50 Å². The quantitative estimate of drug-likeness (QED) is 0.477. The average Bonchev–Trinajstić information content (AvgIpc) is 2.85. The van der Waals surface area contributed by atoms with Crippen LogP contribution in [0.15, 0.2) is 6.20 Å². The van der Waals surface area contributed by atoms with Crippen LogP contribution < -0.4 is 5.32 Å². The fraction of sp³-hybridized carbons (Fsp3) is 0.562. The average molecular weight is 533 g/mol. The molecule has 0 saturated carbocycles. The van der Waals surface area contributed by atoms with Gasteiger partial charge in [0.1, 0.15) is 11.6 Å². The topological polar surface area (TPSA) is 77.8 Å². The highest BCUT2D eigenvalue weighted by atomic mass is 127. The Balaban J connectivity index is 1.96. The molecule has 1 aliphatic heterocycles. The van der Waals surface area contributed by atoms with E-state index in [9.17, 15) is 18.0 Å². The van der Waals surface area contributed by atoms with Crippen molar-refractivity contribution in [3.05, 3.63) is 20.5 Å². The first-order chi connectivity index (χ1) is 13.1. The number of ether oxygens (including phenoxy) is 2. The van der Waals surface area contributed by atoms with E-state index in [2.05, 4.69) is 15.4 Å². The lowest BCUT2D eigenvalue weighted by Crippen LogP contribution is -2.44. The third-order valence-corrected chi connectivity index (χ3v) is 6.23. The highest BCUT2D eigenvalue weighted by molar-refractivity contribution is 14.1. The Morgan fingerprint density at radius 1 is 1.54 bits per heavy atom. The number of alkyl halides is 3. The Kier molecular flexibility index (Phi) is 6.25. The van der Waals surface area contributed by atoms with E-state index < -0.39 is 24.2 Å². The van der Waals surface area contributed by atoms with Crippen molar-refractivity contribution in [2.75, 3.05) is 18.5 Å². The molecule has 0 bridgehead atoms. The Labute approximate surface area is 177 Å². The van der Waals surface area contributed by atoms with Crippen LogP contribution in [0.2, 0.25) is 5.02 Å². The van der Waals surface area contributed by atoms with Crippen molar-refractivity contribution in [1.29, 1.82) is 0 Å². The Hall–Kier alpha value is -1.34. The summed E-state index contributed by atoms with van der Waals surface area (Å²) in [6, 6.07) is -0.330. The van der Waals surface area contributed by atoms with Crippen molar-refractivity contribution < 1.29 is 27.4 Å². The van der Waals surface area contributed by atoms with Gasteiger partial charge >= 0.3 is 12.1 Å². The molecule has 0 amide bonds. The fourth-order valence-electron chi connectivity index (χ4n) is 2.97. The van der Waals surface area contributed by atoms with Crippen LogP contribution in [0.25, 0.3) is 5.52 Å². The van der Waals surface area contributed by atoms with Gasteiger partial charge in [-0.1, -0.05) is 11.6 Å². The minimum Gasteiger partial charge on any atom is -0.458 e. The number of fused-ring (bicyclic) bond motifs is 1. The zero-order chi connectivity index (χ0) is 20.6. The van der Waals surface area contributed by atoms with Gasteiger partial charge in [0.15, 0.2) is 0 Å². The summed E-state index contributed by atoms with van der Waals surface area (Å²) >= 11 is 7.98. The molecule has 0 aliphatic carbocycles. The molecule has 3 unspecified atom stereocenters. The molecule has 7 nitrogen and oxygen atoms in total. The van der Waals surface area contributed by atoms with E-state index in [1.165, 1.54) is 13.1 Å². The summed E-state index contributed by atoms with van der Waals surface area (Å²) in [5.74, 6) is -2.11. The van der Waals surface area contributed by atoms with Crippen LogP contribution in [-0.2, 0) is 14.3 Å². The Morgan fingerprint density at radius 2 is 2.25 bits per heavy atom. The van der Waals surface area contributed by atoms with Crippen molar-refractivity contribution >= 4 is 51.6 Å². The number of anilines is 1. The summed E-state index contributed by atoms with van der Waals surface area (Å²) in [5.41, 5.74) is 0.230. The van der Waals surface area contributed by atoms with Crippen LogP contribution in [-0.4, -0.2) is 52.1 Å². The number of carbonyl (C=O) groups excluding carboxylic acids is 1. The number of rotatable bonds is 4. The molecule has 1 fully saturated rings. The minimum absolute atomic E-state index is 0.0536. The SMILES string of the molecule is CC(=O)OC1COCCC1Nc1ncc2c(Cl)c(I)c(C(C)C(F)(F)F)n2n1. The number of hydrogen-bond acceptors (Lipinski definition) is 6. The zero-order valence-corrected chi connectivity index (χ0v) is 17.8. The second-order valence-electron chi connectivity index (χ2n) is 6.42. The standard InChI is InChI=1S/C16H17ClF3IN4O3/c1-7(16(18,19)20)14-13(21)12(17)10-5-22-15(24-25(10)14)23-9-3-4-27-6-11(9)28-8(2)26/h5,7,9,11H,3-4,6H2,1-2H3,(H,23,24). The third-order valence-electron chi connectivity index (χ3n) is 4.44. The van der Waals surface area contributed by atoms with Crippen molar-refractivity contribution in [3.8, 4) is 0 Å². The lowest BCUT2D eigenvalue weighted by molar-refractivity contribution is -0.153. The summed E-state index contributed by atoms with van der Waals surface area (Å²) in [5, 5.41) is 7.43. The maximum Gasteiger partial charge on any atom is 0.397 e. The second kappa shape index (κ2) is 8.19. The predicted molar refractivity (Wildman–Crippen MR) is 104 cm³/mol. The number of esters is 1. The number of nitrogens with one attached hydrogen (secondary N) is 1. The monoisotopic (exact) mass is 532 g/mol. The lowest BCUT2D eigenvalue weighted by Gasteiger charge is -2.31. The summed E-state index contributed by atoms with van der Waals surface area (Å²) < 4.78 is 51.9. The van der Waals surface area contributed by atoms with E-state index in [1.807, 2.05) is 0 Å². The maximum absolute atomic E-state index is 13.3. The molecule has 2 aromatic rings. The van der Waals surface area contributed by atoms with Gasteiger partial charge in [-0.3, -0.25) is 4.79 Å². The zero-order valence-electron chi connectivity index (χ0n) is 14.9. The van der Waals surface area contributed by atoms with Gasteiger partial charge in [0, 0.05) is 13.5 Å². The number of aromatic nitrogens is 3. The molecular weight excluding hydrogens is 516 g/mol. The van der Waals surface area contributed by atoms with Crippen molar-refractivity contribution in [3.63, 3.8) is 0 Å². The van der Waals surface area contributed by atoms with Crippen molar-refractivity contribution in [1.82, 2.24) is 14.6 Å². The van der Waals surface area contributed by atoms with E-state index in [1.54, 1.807) is 22.6 Å². The van der Waals surface area contributed by atoms with Crippen molar-refractivity contribution in [2.45, 2.75) is 44.5 Å². The molecule has 0 radical (unpaired) electrons. The van der Waals surface area contributed by atoms with Gasteiger partial charge in [-0.2, -0.15) is 13.2 Å². The lowest BCUT2D eigenvalue weighted by atomic mass is 10.1. The van der Waals surface area contributed by atoms with E-state index in [0.717, 1.165) is 11.4 Å². The van der Waals surface area contributed by atoms with Gasteiger partial charge in [-0.15, -0.1) is 5.10 Å². The van der Waals surface area contributed by atoms with E-state index in [-0.39, 0.29) is 38.4 Å². The maximum atomic E-state index is 13.3. The molecule has 0 spiro atoms. The van der Waals surface area contributed by atoms with Crippen LogP contribution in [0.5, 0.6) is 0 Å². The normalized spacial score (nSPS) is 21.5. The van der Waals surface area contributed by atoms with Gasteiger partial charge in [0.2, 0.25) is 5.95 Å². The molecule has 3 heterocycles. The van der Waals surface area contributed by atoms with Gasteiger partial charge in [-0.05, 0) is 35.9 Å². The molecule has 1 N–H and O–H groups in total. The van der Waals surface area contributed by atoms with E-state index in [0.29, 0.717) is 13.0 Å². The molecule has 0 aromatic carbocycles. The van der Waals surface area contributed by atoms with Gasteiger partial charge in [0.25, 0.3) is 0 Å². The Bertz CT molecular complexity index is 892. The first-order valence-corrected chi connectivity index (χ1v) is 9.86. The number of carbonyl (C=O) groups is 1. The molecule has 3 atom stereocenters. The smallest absolute Gasteiger partial charge is 0.397 e. The summed E-state index contributed by atoms with van der Waals surface area (Å²) in [7, 11) is 0. The number of hydrogen-bond donors (Lipinski definition) is 1. The van der Waals surface area contributed by atoms with Gasteiger partial charge in [0.05, 0.1) is 39.1 Å². The van der Waals surface area contributed by atoms with E-state index >= 15 is 0 Å². The largest absolute Gasteiger partial charge is 0.458 e. The number of nitrogens with zero attached hydrogens (tertiary/aromatic N) is 3. The molecule has 28 heavy (non-hydrogen) atoms. The molecule has 3 rings (SSSR count). The first kappa shape index (κ1) is 21.4. The highest BCUT2D eigenvalue weighted by Crippen LogP contribution is 2.40. The van der Waals surface area contributed by atoms with Crippen LogP contribution in [0.1, 0.15) is 31.9 Å². The molecule has 1 saturated heterocycles. The number of halogens is 5. The summed E-state index contributed by atoms with van der Waals surface area (Å²) in [6.07, 6.45) is -3.11. The van der Waals surface area contributed by atoms with Crippen LogP contribution in [0.4, 0.5) is 19.1 Å². The molecule has 154 valence electrons. The molecule has 12 heteroatoms. The predicted octanol–water partition coefficient (Wildman–Crippen LogP) is 3.79. The highest BCUT2D eigenvalue weighted by Gasteiger charge is 2.41. The van der Waals surface area contributed by atoms with Crippen LogP contribution in [0, 0.1) is 3.57 Å². The van der Waals surface area contributed by atoms with Gasteiger partial charge < -0.3 is 14.8 Å². The second-order valence-corrected chi connectivity index (χ2v) is 7.87. The van der Waals surface area contributed by atoms with Crippen LogP contribution in [0.3, 0.4) is 0 Å². The third kappa shape index (κ3) is 4.30. The molecular formula is C16H17ClF3IN4O3. The van der Waals surface area contributed by atoms with E-state index in [4.69, 9.17) is 21.1 Å². The minimum atomic E-state index is -4.45. The summed E-state index contributed by atoms with van der Waals surface area (Å²) in [4.78, 5) is 15.4.